The summed E-state index contributed by atoms with van der Waals surface area (Å²) in [6.45, 7) is 2.01. The van der Waals surface area contributed by atoms with Crippen LogP contribution in [0.15, 0.2) is 82.6 Å². The molecule has 0 unspecified atom stereocenters. The Morgan fingerprint density at radius 1 is 1.00 bits per heavy atom. The minimum absolute atomic E-state index is 0.286. The molecule has 26 heavy (non-hydrogen) atoms. The molecule has 3 rings (SSSR count). The highest BCUT2D eigenvalue weighted by Gasteiger charge is 2.07. The van der Waals surface area contributed by atoms with Crippen molar-refractivity contribution >= 4 is 27.5 Å². The highest BCUT2D eigenvalue weighted by atomic mass is 79.9. The van der Waals surface area contributed by atoms with Crippen molar-refractivity contribution in [2.24, 2.45) is 5.10 Å². The lowest BCUT2D eigenvalue weighted by Gasteiger charge is -2.07. The molecule has 0 fully saturated rings. The molecule has 0 spiro atoms. The predicted octanol–water partition coefficient (Wildman–Crippen LogP) is 5.06. The predicted molar refractivity (Wildman–Crippen MR) is 108 cm³/mol. The lowest BCUT2D eigenvalue weighted by Crippen LogP contribution is -2.20. The Morgan fingerprint density at radius 3 is 2.35 bits per heavy atom. The normalized spacial score (nSPS) is 11.2. The largest absolute Gasteiger partial charge is 0.272 e. The van der Waals surface area contributed by atoms with Crippen LogP contribution in [-0.2, 0) is 0 Å². The van der Waals surface area contributed by atoms with Gasteiger partial charge in [0.2, 0.25) is 0 Å². The zero-order valence-corrected chi connectivity index (χ0v) is 15.9. The Bertz CT molecular complexity index is 922. The number of carbonyl (C=O) groups excluding carboxylic acids is 1. The summed E-state index contributed by atoms with van der Waals surface area (Å²) < 4.78 is 0.751. The van der Waals surface area contributed by atoms with Gasteiger partial charge in [0.15, 0.2) is 0 Å². The summed E-state index contributed by atoms with van der Waals surface area (Å²) in [5.41, 5.74) is 7.19. The third kappa shape index (κ3) is 4.43. The maximum Gasteiger partial charge on any atom is 0.272 e. The summed E-state index contributed by atoms with van der Waals surface area (Å²) in [5.74, 6) is -0.286. The molecule has 0 bridgehead atoms. The summed E-state index contributed by atoms with van der Waals surface area (Å²) in [6, 6.07) is 20.1. The van der Waals surface area contributed by atoms with Crippen LogP contribution in [0.1, 0.15) is 29.3 Å². The Morgan fingerprint density at radius 2 is 1.69 bits per heavy atom. The molecule has 0 atom stereocenters. The number of hydrazone groups is 1. The number of benzene rings is 2. The van der Waals surface area contributed by atoms with Gasteiger partial charge in [-0.25, -0.2) is 5.43 Å². The fourth-order valence-electron chi connectivity index (χ4n) is 2.55. The summed E-state index contributed by atoms with van der Waals surface area (Å²) in [4.78, 5) is 16.2. The van der Waals surface area contributed by atoms with Crippen molar-refractivity contribution in [1.29, 1.82) is 0 Å². The summed E-state index contributed by atoms with van der Waals surface area (Å²) in [5, 5.41) is 4.29. The average molecular weight is 408 g/mol. The minimum Gasteiger partial charge on any atom is -0.267 e. The van der Waals surface area contributed by atoms with Crippen molar-refractivity contribution in [2.45, 2.75) is 13.3 Å². The van der Waals surface area contributed by atoms with Crippen molar-refractivity contribution in [3.05, 3.63) is 88.7 Å². The topological polar surface area (TPSA) is 54.4 Å². The number of hydrogen-bond donors (Lipinski definition) is 1. The lowest BCUT2D eigenvalue weighted by molar-refractivity contribution is 0.0954. The minimum atomic E-state index is -0.286. The van der Waals surface area contributed by atoms with E-state index < -0.39 is 0 Å². The summed E-state index contributed by atoms with van der Waals surface area (Å²) in [7, 11) is 0. The molecule has 0 aliphatic heterocycles. The van der Waals surface area contributed by atoms with Gasteiger partial charge in [0.1, 0.15) is 0 Å². The summed E-state index contributed by atoms with van der Waals surface area (Å²) >= 11 is 3.31. The molecule has 3 aromatic rings. The van der Waals surface area contributed by atoms with Gasteiger partial charge in [-0.1, -0.05) is 61.5 Å². The second-order valence-corrected chi connectivity index (χ2v) is 6.60. The van der Waals surface area contributed by atoms with Crippen LogP contribution in [-0.4, -0.2) is 16.6 Å². The van der Waals surface area contributed by atoms with E-state index >= 15 is 0 Å². The van der Waals surface area contributed by atoms with Crippen LogP contribution in [0.25, 0.3) is 11.1 Å². The van der Waals surface area contributed by atoms with Crippen molar-refractivity contribution in [3.63, 3.8) is 0 Å². The van der Waals surface area contributed by atoms with Crippen molar-refractivity contribution in [1.82, 2.24) is 10.4 Å². The molecule has 1 N–H and O–H groups in total. The van der Waals surface area contributed by atoms with E-state index in [1.165, 1.54) is 11.8 Å². The van der Waals surface area contributed by atoms with Crippen molar-refractivity contribution in [2.75, 3.05) is 0 Å². The SMILES string of the molecule is CCC(=NNC(=O)c1cncc(Br)c1)c1ccc(-c2ccccc2)cc1. The molecule has 1 amide bonds. The third-order valence-corrected chi connectivity index (χ3v) is 4.35. The average Bonchev–Trinajstić information content (AvgIpc) is 2.69. The quantitative estimate of drug-likeness (QED) is 0.474. The van der Waals surface area contributed by atoms with E-state index in [0.29, 0.717) is 12.0 Å². The number of aromatic nitrogens is 1. The molecule has 1 heterocycles. The first-order chi connectivity index (χ1) is 12.7. The highest BCUT2D eigenvalue weighted by Crippen LogP contribution is 2.20. The number of halogens is 1. The maximum absolute atomic E-state index is 12.2. The van der Waals surface area contributed by atoms with E-state index in [-0.39, 0.29) is 5.91 Å². The zero-order valence-electron chi connectivity index (χ0n) is 14.3. The number of nitrogens with one attached hydrogen (secondary N) is 1. The van der Waals surface area contributed by atoms with Gasteiger partial charge >= 0.3 is 0 Å². The number of rotatable bonds is 5. The van der Waals surface area contributed by atoms with Gasteiger partial charge in [-0.05, 0) is 45.1 Å². The highest BCUT2D eigenvalue weighted by molar-refractivity contribution is 9.10. The van der Waals surface area contributed by atoms with Crippen LogP contribution in [0.4, 0.5) is 0 Å². The van der Waals surface area contributed by atoms with E-state index in [1.54, 1.807) is 12.3 Å². The fourth-order valence-corrected chi connectivity index (χ4v) is 2.92. The van der Waals surface area contributed by atoms with Crippen LogP contribution in [0.3, 0.4) is 0 Å². The molecule has 2 aromatic carbocycles. The maximum atomic E-state index is 12.2. The molecule has 0 aliphatic carbocycles. The zero-order chi connectivity index (χ0) is 18.4. The monoisotopic (exact) mass is 407 g/mol. The molecule has 0 radical (unpaired) electrons. The van der Waals surface area contributed by atoms with Crippen LogP contribution in [0.2, 0.25) is 0 Å². The number of amides is 1. The van der Waals surface area contributed by atoms with Gasteiger partial charge in [-0.15, -0.1) is 0 Å². The van der Waals surface area contributed by atoms with Crippen molar-refractivity contribution < 1.29 is 4.79 Å². The fraction of sp³-hybridized carbons (Fsp3) is 0.0952. The van der Waals surface area contributed by atoms with Gasteiger partial charge in [0, 0.05) is 16.9 Å². The van der Waals surface area contributed by atoms with Gasteiger partial charge < -0.3 is 0 Å². The lowest BCUT2D eigenvalue weighted by atomic mass is 10.0. The molecule has 0 saturated heterocycles. The van der Waals surface area contributed by atoms with Crippen LogP contribution >= 0.6 is 15.9 Å². The number of carbonyl (C=O) groups is 1. The standard InChI is InChI=1S/C21H18BrN3O/c1-2-20(24-25-21(26)18-12-19(22)14-23-13-18)17-10-8-16(9-11-17)15-6-4-3-5-7-15/h3-14H,2H2,1H3,(H,25,26). The molecule has 0 aliphatic rings. The van der Waals surface area contributed by atoms with Gasteiger partial charge in [0.25, 0.3) is 5.91 Å². The Balaban J connectivity index is 1.76. The Labute approximate surface area is 161 Å². The molecular weight excluding hydrogens is 390 g/mol. The molecule has 1 aromatic heterocycles. The first kappa shape index (κ1) is 18.0. The Kier molecular flexibility index (Phi) is 5.92. The number of nitrogens with zero attached hydrogens (tertiary/aromatic N) is 2. The van der Waals surface area contributed by atoms with E-state index in [0.717, 1.165) is 21.3 Å². The molecule has 4 nitrogen and oxygen atoms in total. The smallest absolute Gasteiger partial charge is 0.267 e. The van der Waals surface area contributed by atoms with E-state index in [1.807, 2.05) is 37.3 Å². The van der Waals surface area contributed by atoms with Crippen LogP contribution in [0, 0.1) is 0 Å². The second kappa shape index (κ2) is 8.54. The number of hydrogen-bond acceptors (Lipinski definition) is 3. The first-order valence-electron chi connectivity index (χ1n) is 8.30. The van der Waals surface area contributed by atoms with Crippen molar-refractivity contribution in [3.8, 4) is 11.1 Å². The molecule has 130 valence electrons. The van der Waals surface area contributed by atoms with Gasteiger partial charge in [-0.3, -0.25) is 9.78 Å². The molecule has 5 heteroatoms. The third-order valence-electron chi connectivity index (χ3n) is 3.92. The first-order valence-corrected chi connectivity index (χ1v) is 9.10. The van der Waals surface area contributed by atoms with Gasteiger partial charge in [-0.2, -0.15) is 5.10 Å². The van der Waals surface area contributed by atoms with E-state index in [9.17, 15) is 4.79 Å². The Hall–Kier alpha value is -2.79. The van der Waals surface area contributed by atoms with E-state index in [2.05, 4.69) is 55.7 Å². The molecular formula is C21H18BrN3O. The van der Waals surface area contributed by atoms with Gasteiger partial charge in [0.05, 0.1) is 11.3 Å². The van der Waals surface area contributed by atoms with Crippen LogP contribution < -0.4 is 5.43 Å². The second-order valence-electron chi connectivity index (χ2n) is 5.69. The van der Waals surface area contributed by atoms with Crippen LogP contribution in [0.5, 0.6) is 0 Å². The summed E-state index contributed by atoms with van der Waals surface area (Å²) in [6.07, 6.45) is 3.85. The molecule has 0 saturated carbocycles. The number of pyridine rings is 1. The van der Waals surface area contributed by atoms with E-state index in [4.69, 9.17) is 0 Å².